The molecule has 0 aliphatic heterocycles. The van der Waals surface area contributed by atoms with E-state index in [1.807, 2.05) is 49.4 Å². The molecule has 0 aromatic heterocycles. The highest BCUT2D eigenvalue weighted by atomic mass is 35.5. The van der Waals surface area contributed by atoms with Crippen molar-refractivity contribution in [2.75, 3.05) is 7.05 Å². The van der Waals surface area contributed by atoms with Crippen LogP contribution in [0.4, 0.5) is 0 Å². The van der Waals surface area contributed by atoms with Gasteiger partial charge in [0.25, 0.3) is 0 Å². The van der Waals surface area contributed by atoms with Gasteiger partial charge in [-0.05, 0) is 29.7 Å². The first kappa shape index (κ1) is 19.0. The number of carbonyl (C=O) groups is 2. The van der Waals surface area contributed by atoms with Crippen LogP contribution in [-0.4, -0.2) is 29.8 Å². The molecule has 1 N–H and O–H groups in total. The molecule has 1 unspecified atom stereocenters. The topological polar surface area (TPSA) is 49.4 Å². The summed E-state index contributed by atoms with van der Waals surface area (Å²) in [7, 11) is 1.59. The molecule has 0 aliphatic carbocycles. The number of nitrogens with zero attached hydrogens (tertiary/aromatic N) is 1. The normalized spacial score (nSPS) is 11.6. The monoisotopic (exact) mass is 358 g/mol. The highest BCUT2D eigenvalue weighted by Crippen LogP contribution is 2.16. The van der Waals surface area contributed by atoms with Crippen LogP contribution < -0.4 is 5.32 Å². The molecule has 0 bridgehead atoms. The number of hydrogen-bond donors (Lipinski definition) is 1. The van der Waals surface area contributed by atoms with E-state index in [-0.39, 0.29) is 18.2 Å². The third-order valence-electron chi connectivity index (χ3n) is 4.10. The van der Waals surface area contributed by atoms with E-state index in [9.17, 15) is 9.59 Å². The second-order valence-corrected chi connectivity index (χ2v) is 6.29. The van der Waals surface area contributed by atoms with E-state index in [2.05, 4.69) is 5.32 Å². The number of likely N-dealkylation sites (N-methyl/N-ethyl adjacent to an activating group) is 1. The average Bonchev–Trinajstić information content (AvgIpc) is 2.64. The molecule has 2 aromatic rings. The summed E-state index contributed by atoms with van der Waals surface area (Å²) in [4.78, 5) is 26.8. The summed E-state index contributed by atoms with van der Waals surface area (Å²) in [5.74, 6) is -0.232. The molecule has 0 saturated carbocycles. The molecule has 0 aliphatic rings. The lowest BCUT2D eigenvalue weighted by Crippen LogP contribution is -2.48. The number of rotatable bonds is 7. The minimum absolute atomic E-state index is 0.0818. The van der Waals surface area contributed by atoms with Crippen LogP contribution in [0.1, 0.15) is 24.5 Å². The van der Waals surface area contributed by atoms with Crippen molar-refractivity contribution in [1.29, 1.82) is 0 Å². The minimum atomic E-state index is -0.495. The quantitative estimate of drug-likeness (QED) is 0.824. The van der Waals surface area contributed by atoms with Gasteiger partial charge in [-0.2, -0.15) is 0 Å². The van der Waals surface area contributed by atoms with Crippen molar-refractivity contribution in [2.45, 2.75) is 32.4 Å². The SMILES string of the molecule is CCC(C(=O)NC)N(Cc1ccccc1)C(=O)Cc1ccc(Cl)cc1. The fourth-order valence-electron chi connectivity index (χ4n) is 2.74. The van der Waals surface area contributed by atoms with Crippen molar-refractivity contribution in [3.63, 3.8) is 0 Å². The molecular formula is C20H23ClN2O2. The van der Waals surface area contributed by atoms with E-state index < -0.39 is 6.04 Å². The van der Waals surface area contributed by atoms with E-state index in [4.69, 9.17) is 11.6 Å². The van der Waals surface area contributed by atoms with Gasteiger partial charge >= 0.3 is 0 Å². The summed E-state index contributed by atoms with van der Waals surface area (Å²) >= 11 is 5.90. The van der Waals surface area contributed by atoms with E-state index in [1.165, 1.54) is 0 Å². The third-order valence-corrected chi connectivity index (χ3v) is 4.35. The molecule has 0 fully saturated rings. The Balaban J connectivity index is 2.23. The lowest BCUT2D eigenvalue weighted by molar-refractivity contribution is -0.140. The first-order valence-electron chi connectivity index (χ1n) is 8.34. The molecule has 0 heterocycles. The Labute approximate surface area is 153 Å². The second-order valence-electron chi connectivity index (χ2n) is 5.85. The van der Waals surface area contributed by atoms with Crippen molar-refractivity contribution < 1.29 is 9.59 Å². The van der Waals surface area contributed by atoms with Crippen LogP contribution in [0.3, 0.4) is 0 Å². The molecule has 2 aromatic carbocycles. The highest BCUT2D eigenvalue weighted by Gasteiger charge is 2.27. The number of hydrogen-bond acceptors (Lipinski definition) is 2. The molecule has 4 nitrogen and oxygen atoms in total. The molecule has 0 radical (unpaired) electrons. The van der Waals surface area contributed by atoms with Crippen LogP contribution in [-0.2, 0) is 22.6 Å². The summed E-state index contributed by atoms with van der Waals surface area (Å²) in [6, 6.07) is 16.4. The zero-order chi connectivity index (χ0) is 18.2. The van der Waals surface area contributed by atoms with E-state index in [1.54, 1.807) is 24.1 Å². The first-order valence-corrected chi connectivity index (χ1v) is 8.72. The summed E-state index contributed by atoms with van der Waals surface area (Å²) in [6.45, 7) is 2.31. The molecule has 0 spiro atoms. The number of benzene rings is 2. The van der Waals surface area contributed by atoms with Crippen molar-refractivity contribution in [3.8, 4) is 0 Å². The summed E-state index contributed by atoms with van der Waals surface area (Å²) in [6.07, 6.45) is 0.788. The van der Waals surface area contributed by atoms with Gasteiger partial charge in [0, 0.05) is 18.6 Å². The summed E-state index contributed by atoms with van der Waals surface area (Å²) < 4.78 is 0. The molecule has 2 amide bonds. The smallest absolute Gasteiger partial charge is 0.242 e. The molecule has 25 heavy (non-hydrogen) atoms. The van der Waals surface area contributed by atoms with Gasteiger partial charge in [-0.25, -0.2) is 0 Å². The standard InChI is InChI=1S/C20H23ClN2O2/c1-3-18(20(25)22-2)23(14-16-7-5-4-6-8-16)19(24)13-15-9-11-17(21)12-10-15/h4-12,18H,3,13-14H2,1-2H3,(H,22,25). The van der Waals surface area contributed by atoms with Crippen LogP contribution >= 0.6 is 11.6 Å². The number of carbonyl (C=O) groups excluding carboxylic acids is 2. The third kappa shape index (κ3) is 5.33. The zero-order valence-electron chi connectivity index (χ0n) is 14.5. The van der Waals surface area contributed by atoms with Gasteiger partial charge in [-0.1, -0.05) is 61.0 Å². The average molecular weight is 359 g/mol. The molecule has 2 rings (SSSR count). The lowest BCUT2D eigenvalue weighted by atomic mass is 10.1. The molecule has 132 valence electrons. The van der Waals surface area contributed by atoms with Crippen molar-refractivity contribution in [2.24, 2.45) is 0 Å². The highest BCUT2D eigenvalue weighted by molar-refractivity contribution is 6.30. The molecular weight excluding hydrogens is 336 g/mol. The maximum absolute atomic E-state index is 12.9. The van der Waals surface area contributed by atoms with Crippen LogP contribution in [0, 0.1) is 0 Å². The van der Waals surface area contributed by atoms with Gasteiger partial charge in [0.15, 0.2) is 0 Å². The van der Waals surface area contributed by atoms with E-state index in [0.29, 0.717) is 18.0 Å². The predicted octanol–water partition coefficient (Wildman–Crippen LogP) is 3.44. The molecule has 5 heteroatoms. The Bertz CT molecular complexity index is 701. The van der Waals surface area contributed by atoms with Crippen molar-refractivity contribution in [3.05, 3.63) is 70.7 Å². The van der Waals surface area contributed by atoms with Gasteiger partial charge in [0.2, 0.25) is 11.8 Å². The van der Waals surface area contributed by atoms with E-state index in [0.717, 1.165) is 11.1 Å². The Morgan fingerprint density at radius 2 is 1.68 bits per heavy atom. The van der Waals surface area contributed by atoms with Crippen LogP contribution in [0.2, 0.25) is 5.02 Å². The lowest BCUT2D eigenvalue weighted by Gasteiger charge is -2.30. The molecule has 0 saturated heterocycles. The van der Waals surface area contributed by atoms with Crippen LogP contribution in [0.25, 0.3) is 0 Å². The molecule has 1 atom stereocenters. The second kappa shape index (κ2) is 9.23. The van der Waals surface area contributed by atoms with Gasteiger partial charge in [0.1, 0.15) is 6.04 Å². The van der Waals surface area contributed by atoms with Crippen molar-refractivity contribution in [1.82, 2.24) is 10.2 Å². The van der Waals surface area contributed by atoms with Gasteiger partial charge in [0.05, 0.1) is 6.42 Å². The minimum Gasteiger partial charge on any atom is -0.357 e. The fourth-order valence-corrected chi connectivity index (χ4v) is 2.87. The van der Waals surface area contributed by atoms with Crippen LogP contribution in [0.15, 0.2) is 54.6 Å². The largest absolute Gasteiger partial charge is 0.357 e. The van der Waals surface area contributed by atoms with Crippen LogP contribution in [0.5, 0.6) is 0 Å². The maximum atomic E-state index is 12.9. The number of halogens is 1. The van der Waals surface area contributed by atoms with Gasteiger partial charge in [-0.3, -0.25) is 9.59 Å². The van der Waals surface area contributed by atoms with Crippen molar-refractivity contribution >= 4 is 23.4 Å². The number of amides is 2. The van der Waals surface area contributed by atoms with Gasteiger partial charge < -0.3 is 10.2 Å². The van der Waals surface area contributed by atoms with E-state index >= 15 is 0 Å². The zero-order valence-corrected chi connectivity index (χ0v) is 15.3. The summed E-state index contributed by atoms with van der Waals surface area (Å²) in [5.41, 5.74) is 1.87. The Morgan fingerprint density at radius 1 is 1.04 bits per heavy atom. The maximum Gasteiger partial charge on any atom is 0.242 e. The number of nitrogens with one attached hydrogen (secondary N) is 1. The Kier molecular flexibility index (Phi) is 7.02. The first-order chi connectivity index (χ1) is 12.0. The Hall–Kier alpha value is -2.33. The summed E-state index contributed by atoms with van der Waals surface area (Å²) in [5, 5.41) is 3.29. The predicted molar refractivity (Wildman–Crippen MR) is 100 cm³/mol. The fraction of sp³-hybridized carbons (Fsp3) is 0.300. The Morgan fingerprint density at radius 3 is 2.24 bits per heavy atom. The van der Waals surface area contributed by atoms with Gasteiger partial charge in [-0.15, -0.1) is 0 Å².